The first kappa shape index (κ1) is 16.5. The van der Waals surface area contributed by atoms with Crippen LogP contribution in [0.5, 0.6) is 0 Å². The van der Waals surface area contributed by atoms with Crippen LogP contribution in [-0.2, 0) is 6.54 Å². The lowest BCUT2D eigenvalue weighted by atomic mass is 10.0. The number of hydrogen-bond acceptors (Lipinski definition) is 4. The molecule has 27 heavy (non-hydrogen) atoms. The fraction of sp³-hybridized carbons (Fsp3) is 0.304. The molecular weight excluding hydrogens is 332 g/mol. The molecule has 5 rings (SSSR count). The minimum Gasteiger partial charge on any atom is -0.354 e. The second kappa shape index (κ2) is 7.12. The van der Waals surface area contributed by atoms with Gasteiger partial charge in [0.2, 0.25) is 0 Å². The molecule has 3 aromatic rings. The minimum atomic E-state index is 0.740. The molecule has 0 radical (unpaired) electrons. The highest BCUT2D eigenvalue weighted by Crippen LogP contribution is 2.34. The fourth-order valence-corrected chi connectivity index (χ4v) is 4.50. The van der Waals surface area contributed by atoms with E-state index in [4.69, 9.17) is 0 Å². The van der Waals surface area contributed by atoms with Crippen molar-refractivity contribution in [1.29, 1.82) is 0 Å². The summed E-state index contributed by atoms with van der Waals surface area (Å²) in [4.78, 5) is 5.02. The molecule has 0 N–H and O–H groups in total. The first-order valence-corrected chi connectivity index (χ1v) is 9.75. The molecule has 0 bridgehead atoms. The number of likely N-dealkylation sites (tertiary alicyclic amines) is 1. The molecule has 4 nitrogen and oxygen atoms in total. The molecule has 136 valence electrons. The van der Waals surface area contributed by atoms with Gasteiger partial charge in [-0.3, -0.25) is 4.90 Å². The second-order valence-electron chi connectivity index (χ2n) is 7.75. The van der Waals surface area contributed by atoms with Crippen molar-refractivity contribution < 1.29 is 0 Å². The molecule has 2 saturated heterocycles. The third-order valence-corrected chi connectivity index (χ3v) is 5.85. The van der Waals surface area contributed by atoms with Crippen molar-refractivity contribution in [3.63, 3.8) is 0 Å². The zero-order valence-corrected chi connectivity index (χ0v) is 15.4. The summed E-state index contributed by atoms with van der Waals surface area (Å²) in [6, 6.07) is 25.3. The zero-order valence-electron chi connectivity index (χ0n) is 15.4. The van der Waals surface area contributed by atoms with E-state index >= 15 is 0 Å². The Kier molecular flexibility index (Phi) is 4.34. The zero-order chi connectivity index (χ0) is 18.1. The van der Waals surface area contributed by atoms with Crippen LogP contribution in [0.2, 0.25) is 0 Å². The Hall–Kier alpha value is -2.72. The largest absolute Gasteiger partial charge is 0.354 e. The summed E-state index contributed by atoms with van der Waals surface area (Å²) in [5, 5.41) is 8.97. The quantitative estimate of drug-likeness (QED) is 0.713. The molecule has 2 aromatic carbocycles. The third-order valence-electron chi connectivity index (χ3n) is 5.85. The lowest BCUT2D eigenvalue weighted by molar-refractivity contribution is 0.309. The molecule has 2 aliphatic heterocycles. The maximum absolute atomic E-state index is 4.51. The number of rotatable bonds is 4. The molecule has 2 aliphatic rings. The van der Waals surface area contributed by atoms with Crippen molar-refractivity contribution in [2.24, 2.45) is 11.8 Å². The van der Waals surface area contributed by atoms with Gasteiger partial charge in [0.25, 0.3) is 0 Å². The van der Waals surface area contributed by atoms with Gasteiger partial charge < -0.3 is 4.90 Å². The number of benzene rings is 2. The van der Waals surface area contributed by atoms with Crippen molar-refractivity contribution in [1.82, 2.24) is 15.1 Å². The molecular formula is C23H24N4. The van der Waals surface area contributed by atoms with Crippen molar-refractivity contribution in [2.75, 3.05) is 31.1 Å². The van der Waals surface area contributed by atoms with Gasteiger partial charge in [-0.2, -0.15) is 0 Å². The molecule has 4 heteroatoms. The van der Waals surface area contributed by atoms with Gasteiger partial charge in [-0.05, 0) is 29.5 Å². The van der Waals surface area contributed by atoms with Crippen molar-refractivity contribution in [3.05, 3.63) is 78.4 Å². The Bertz CT molecular complexity index is 865. The summed E-state index contributed by atoms with van der Waals surface area (Å²) in [5.41, 5.74) is 3.47. The fourth-order valence-electron chi connectivity index (χ4n) is 4.50. The average Bonchev–Trinajstić information content (AvgIpc) is 3.28. The van der Waals surface area contributed by atoms with Crippen LogP contribution in [0.15, 0.2) is 72.8 Å². The first-order valence-electron chi connectivity index (χ1n) is 9.75. The van der Waals surface area contributed by atoms with E-state index in [2.05, 4.69) is 74.6 Å². The highest BCUT2D eigenvalue weighted by Gasteiger charge is 2.40. The van der Waals surface area contributed by atoms with E-state index in [-0.39, 0.29) is 0 Å². The van der Waals surface area contributed by atoms with Gasteiger partial charge in [0.1, 0.15) is 0 Å². The summed E-state index contributed by atoms with van der Waals surface area (Å²) >= 11 is 0. The summed E-state index contributed by atoms with van der Waals surface area (Å²) < 4.78 is 0. The van der Waals surface area contributed by atoms with Crippen LogP contribution in [0, 0.1) is 11.8 Å². The summed E-state index contributed by atoms with van der Waals surface area (Å²) in [6.07, 6.45) is 0. The van der Waals surface area contributed by atoms with E-state index in [0.717, 1.165) is 48.5 Å². The van der Waals surface area contributed by atoms with Gasteiger partial charge in [0.15, 0.2) is 5.82 Å². The molecule has 2 fully saturated rings. The number of aromatic nitrogens is 2. The predicted molar refractivity (Wildman–Crippen MR) is 108 cm³/mol. The maximum Gasteiger partial charge on any atom is 0.151 e. The number of anilines is 1. The Morgan fingerprint density at radius 1 is 0.704 bits per heavy atom. The molecule has 0 aliphatic carbocycles. The third kappa shape index (κ3) is 3.45. The normalized spacial score (nSPS) is 22.1. The Morgan fingerprint density at radius 2 is 1.37 bits per heavy atom. The molecule has 0 saturated carbocycles. The smallest absolute Gasteiger partial charge is 0.151 e. The maximum atomic E-state index is 4.51. The Balaban J connectivity index is 1.21. The van der Waals surface area contributed by atoms with Crippen molar-refractivity contribution in [2.45, 2.75) is 6.54 Å². The van der Waals surface area contributed by atoms with Crippen LogP contribution in [0.3, 0.4) is 0 Å². The number of fused-ring (bicyclic) bond motifs is 1. The summed E-state index contributed by atoms with van der Waals surface area (Å²) in [5.74, 6) is 2.49. The molecule has 3 heterocycles. The predicted octanol–water partition coefficient (Wildman–Crippen LogP) is 3.71. The van der Waals surface area contributed by atoms with Crippen LogP contribution in [0.25, 0.3) is 11.3 Å². The molecule has 0 unspecified atom stereocenters. The highest BCUT2D eigenvalue weighted by atomic mass is 15.3. The van der Waals surface area contributed by atoms with E-state index in [1.165, 1.54) is 18.7 Å². The standard InChI is InChI=1S/C23H24N4/c1-3-7-18(8-4-1)13-26-14-20-16-27(17-21(20)15-26)23-12-11-22(24-25-23)19-9-5-2-6-10-19/h1-12,20-21H,13-17H2/t20-,21+. The topological polar surface area (TPSA) is 32.3 Å². The first-order chi connectivity index (χ1) is 13.3. The Morgan fingerprint density at radius 3 is 2.00 bits per heavy atom. The van der Waals surface area contributed by atoms with E-state index in [0.29, 0.717) is 0 Å². The lowest BCUT2D eigenvalue weighted by Crippen LogP contribution is -2.29. The van der Waals surface area contributed by atoms with Crippen LogP contribution >= 0.6 is 0 Å². The van der Waals surface area contributed by atoms with Gasteiger partial charge in [-0.15, -0.1) is 10.2 Å². The van der Waals surface area contributed by atoms with Crippen molar-refractivity contribution >= 4 is 5.82 Å². The lowest BCUT2D eigenvalue weighted by Gasteiger charge is -2.22. The summed E-state index contributed by atoms with van der Waals surface area (Å²) in [6.45, 7) is 5.63. The van der Waals surface area contributed by atoms with Gasteiger partial charge >= 0.3 is 0 Å². The average molecular weight is 356 g/mol. The van der Waals surface area contributed by atoms with Gasteiger partial charge in [-0.25, -0.2) is 0 Å². The SMILES string of the molecule is c1ccc(CN2C[C@@H]3CN(c4ccc(-c5ccccc5)nn4)C[C@@H]3C2)cc1. The van der Waals surface area contributed by atoms with E-state index in [9.17, 15) is 0 Å². The molecule has 1 aromatic heterocycles. The van der Waals surface area contributed by atoms with Gasteiger partial charge in [0, 0.05) is 38.3 Å². The van der Waals surface area contributed by atoms with Gasteiger partial charge in [0.05, 0.1) is 5.69 Å². The van der Waals surface area contributed by atoms with E-state index in [1.54, 1.807) is 0 Å². The minimum absolute atomic E-state index is 0.740. The second-order valence-corrected chi connectivity index (χ2v) is 7.75. The van der Waals surface area contributed by atoms with Crippen LogP contribution in [-0.4, -0.2) is 41.3 Å². The van der Waals surface area contributed by atoms with Crippen LogP contribution in [0.4, 0.5) is 5.82 Å². The van der Waals surface area contributed by atoms with Crippen molar-refractivity contribution in [3.8, 4) is 11.3 Å². The highest BCUT2D eigenvalue weighted by molar-refractivity contribution is 5.59. The van der Waals surface area contributed by atoms with E-state index in [1.807, 2.05) is 18.2 Å². The van der Waals surface area contributed by atoms with Gasteiger partial charge in [-0.1, -0.05) is 60.7 Å². The monoisotopic (exact) mass is 356 g/mol. The molecule has 2 atom stereocenters. The van der Waals surface area contributed by atoms with Crippen LogP contribution in [0.1, 0.15) is 5.56 Å². The molecule has 0 spiro atoms. The number of nitrogens with zero attached hydrogens (tertiary/aromatic N) is 4. The van der Waals surface area contributed by atoms with Crippen LogP contribution < -0.4 is 4.90 Å². The van der Waals surface area contributed by atoms with E-state index < -0.39 is 0 Å². The Labute approximate surface area is 160 Å². The number of hydrogen-bond donors (Lipinski definition) is 0. The molecule has 0 amide bonds. The summed E-state index contributed by atoms with van der Waals surface area (Å²) in [7, 11) is 0.